The fourth-order valence-electron chi connectivity index (χ4n) is 3.04. The van der Waals surface area contributed by atoms with Gasteiger partial charge >= 0.3 is 0 Å². The van der Waals surface area contributed by atoms with Gasteiger partial charge in [0.25, 0.3) is 5.91 Å². The third kappa shape index (κ3) is 3.35. The standard InChI is InChI=1S/C18H23N3O2/c1-12-3-4-17-14(9-12)10-16(13(2)20-17)18(22)21-7-8-23-15(11-21)5-6-19/h3-4,9-10,15H,5-8,11,19H2,1-2H3/t15-/m0/s1. The Hall–Kier alpha value is -1.98. The average molecular weight is 313 g/mol. The van der Waals surface area contributed by atoms with Gasteiger partial charge in [-0.15, -0.1) is 0 Å². The van der Waals surface area contributed by atoms with Crippen molar-refractivity contribution in [1.29, 1.82) is 0 Å². The molecule has 0 radical (unpaired) electrons. The fourth-order valence-corrected chi connectivity index (χ4v) is 3.04. The molecule has 1 aromatic carbocycles. The largest absolute Gasteiger partial charge is 0.374 e. The summed E-state index contributed by atoms with van der Waals surface area (Å²) in [5, 5.41) is 1.01. The lowest BCUT2D eigenvalue weighted by atomic mass is 10.1. The van der Waals surface area contributed by atoms with Crippen molar-refractivity contribution < 1.29 is 9.53 Å². The Morgan fingerprint density at radius 1 is 1.39 bits per heavy atom. The second-order valence-corrected chi connectivity index (χ2v) is 6.14. The predicted molar refractivity (Wildman–Crippen MR) is 90.5 cm³/mol. The van der Waals surface area contributed by atoms with Gasteiger partial charge in [-0.2, -0.15) is 0 Å². The number of nitrogens with zero attached hydrogens (tertiary/aromatic N) is 2. The Morgan fingerprint density at radius 2 is 2.22 bits per heavy atom. The van der Waals surface area contributed by atoms with Crippen LogP contribution in [0.25, 0.3) is 10.9 Å². The SMILES string of the molecule is Cc1ccc2nc(C)c(C(=O)N3CCO[C@@H](CCN)C3)cc2c1. The number of ether oxygens (including phenoxy) is 1. The first-order chi connectivity index (χ1) is 11.1. The topological polar surface area (TPSA) is 68.5 Å². The molecule has 0 saturated carbocycles. The Balaban J connectivity index is 1.89. The summed E-state index contributed by atoms with van der Waals surface area (Å²) in [6.07, 6.45) is 0.812. The second kappa shape index (κ2) is 6.64. The summed E-state index contributed by atoms with van der Waals surface area (Å²) in [6.45, 7) is 6.29. The normalized spacial score (nSPS) is 18.4. The first kappa shape index (κ1) is 15.9. The number of aromatic nitrogens is 1. The van der Waals surface area contributed by atoms with E-state index in [1.165, 1.54) is 0 Å². The molecule has 1 aliphatic rings. The minimum atomic E-state index is 0.0312. The highest BCUT2D eigenvalue weighted by Gasteiger charge is 2.26. The number of carbonyl (C=O) groups excluding carboxylic acids is 1. The van der Waals surface area contributed by atoms with Crippen molar-refractivity contribution in [3.8, 4) is 0 Å². The van der Waals surface area contributed by atoms with Crippen LogP contribution in [0.15, 0.2) is 24.3 Å². The maximum atomic E-state index is 12.9. The lowest BCUT2D eigenvalue weighted by Crippen LogP contribution is -2.46. The monoisotopic (exact) mass is 313 g/mol. The summed E-state index contributed by atoms with van der Waals surface area (Å²) in [6, 6.07) is 8.06. The highest BCUT2D eigenvalue weighted by Crippen LogP contribution is 2.20. The summed E-state index contributed by atoms with van der Waals surface area (Å²) in [5.74, 6) is 0.0312. The molecule has 23 heavy (non-hydrogen) atoms. The van der Waals surface area contributed by atoms with Crippen LogP contribution in [0.1, 0.15) is 28.0 Å². The number of pyridine rings is 1. The number of morpholine rings is 1. The first-order valence-corrected chi connectivity index (χ1v) is 8.07. The molecular formula is C18H23N3O2. The fraction of sp³-hybridized carbons (Fsp3) is 0.444. The zero-order valence-corrected chi connectivity index (χ0v) is 13.7. The molecule has 1 saturated heterocycles. The smallest absolute Gasteiger partial charge is 0.255 e. The maximum Gasteiger partial charge on any atom is 0.255 e. The van der Waals surface area contributed by atoms with E-state index < -0.39 is 0 Å². The highest BCUT2D eigenvalue weighted by atomic mass is 16.5. The van der Waals surface area contributed by atoms with Gasteiger partial charge in [-0.25, -0.2) is 0 Å². The van der Waals surface area contributed by atoms with Crippen molar-refractivity contribution in [3.05, 3.63) is 41.1 Å². The molecule has 2 heterocycles. The molecule has 0 unspecified atom stereocenters. The van der Waals surface area contributed by atoms with Crippen LogP contribution < -0.4 is 5.73 Å². The number of fused-ring (bicyclic) bond motifs is 1. The summed E-state index contributed by atoms with van der Waals surface area (Å²) in [4.78, 5) is 19.3. The van der Waals surface area contributed by atoms with E-state index in [1.807, 2.05) is 36.9 Å². The van der Waals surface area contributed by atoms with Gasteiger partial charge < -0.3 is 15.4 Å². The summed E-state index contributed by atoms with van der Waals surface area (Å²) < 4.78 is 5.66. The van der Waals surface area contributed by atoms with Crippen LogP contribution in [0.5, 0.6) is 0 Å². The zero-order valence-electron chi connectivity index (χ0n) is 13.7. The van der Waals surface area contributed by atoms with Gasteiger partial charge in [-0.1, -0.05) is 11.6 Å². The van der Waals surface area contributed by atoms with E-state index in [9.17, 15) is 4.79 Å². The molecule has 5 heteroatoms. The number of aryl methyl sites for hydroxylation is 2. The van der Waals surface area contributed by atoms with E-state index in [0.29, 0.717) is 31.8 Å². The third-order valence-electron chi connectivity index (χ3n) is 4.31. The number of hydrogen-bond acceptors (Lipinski definition) is 4. The minimum Gasteiger partial charge on any atom is -0.374 e. The molecule has 2 N–H and O–H groups in total. The van der Waals surface area contributed by atoms with Gasteiger partial charge in [0.05, 0.1) is 29.5 Å². The Morgan fingerprint density at radius 3 is 3.00 bits per heavy atom. The Kier molecular flexibility index (Phi) is 4.59. The number of benzene rings is 1. The van der Waals surface area contributed by atoms with E-state index in [4.69, 9.17) is 10.5 Å². The number of rotatable bonds is 3. The number of amides is 1. The second-order valence-electron chi connectivity index (χ2n) is 6.14. The van der Waals surface area contributed by atoms with E-state index >= 15 is 0 Å². The van der Waals surface area contributed by atoms with Gasteiger partial charge in [-0.05, 0) is 45.0 Å². The lowest BCUT2D eigenvalue weighted by Gasteiger charge is -2.33. The molecule has 1 amide bonds. The van der Waals surface area contributed by atoms with Gasteiger partial charge in [0, 0.05) is 18.5 Å². The minimum absolute atomic E-state index is 0.0312. The van der Waals surface area contributed by atoms with Crippen molar-refractivity contribution in [2.24, 2.45) is 5.73 Å². The van der Waals surface area contributed by atoms with Crippen LogP contribution in [0.4, 0.5) is 0 Å². The van der Waals surface area contributed by atoms with E-state index in [1.54, 1.807) is 0 Å². The molecule has 0 bridgehead atoms. The molecule has 2 aromatic rings. The first-order valence-electron chi connectivity index (χ1n) is 8.07. The molecule has 1 atom stereocenters. The average Bonchev–Trinajstić information content (AvgIpc) is 2.54. The molecule has 122 valence electrons. The van der Waals surface area contributed by atoms with E-state index in [2.05, 4.69) is 11.1 Å². The van der Waals surface area contributed by atoms with E-state index in [-0.39, 0.29) is 12.0 Å². The summed E-state index contributed by atoms with van der Waals surface area (Å²) >= 11 is 0. The van der Waals surface area contributed by atoms with Crippen molar-refractivity contribution in [1.82, 2.24) is 9.88 Å². The Labute approximate surface area is 136 Å². The third-order valence-corrected chi connectivity index (χ3v) is 4.31. The van der Waals surface area contributed by atoms with Crippen LogP contribution in [-0.2, 0) is 4.74 Å². The molecule has 0 spiro atoms. The maximum absolute atomic E-state index is 12.9. The summed E-state index contributed by atoms with van der Waals surface area (Å²) in [5.41, 5.74) is 9.13. The van der Waals surface area contributed by atoms with Crippen LogP contribution in [0, 0.1) is 13.8 Å². The van der Waals surface area contributed by atoms with Crippen molar-refractivity contribution in [2.45, 2.75) is 26.4 Å². The van der Waals surface area contributed by atoms with Crippen LogP contribution >= 0.6 is 0 Å². The highest BCUT2D eigenvalue weighted by molar-refractivity contribution is 5.98. The van der Waals surface area contributed by atoms with Gasteiger partial charge in [0.15, 0.2) is 0 Å². The van der Waals surface area contributed by atoms with Crippen molar-refractivity contribution in [3.63, 3.8) is 0 Å². The molecular weight excluding hydrogens is 290 g/mol. The molecule has 0 aliphatic carbocycles. The molecule has 1 aromatic heterocycles. The van der Waals surface area contributed by atoms with Gasteiger partial charge in [0.1, 0.15) is 0 Å². The van der Waals surface area contributed by atoms with Gasteiger partial charge in [-0.3, -0.25) is 9.78 Å². The summed E-state index contributed by atoms with van der Waals surface area (Å²) in [7, 11) is 0. The van der Waals surface area contributed by atoms with Crippen LogP contribution in [-0.4, -0.2) is 48.1 Å². The molecule has 3 rings (SSSR count). The van der Waals surface area contributed by atoms with Crippen molar-refractivity contribution >= 4 is 16.8 Å². The van der Waals surface area contributed by atoms with Crippen molar-refractivity contribution in [2.75, 3.05) is 26.2 Å². The van der Waals surface area contributed by atoms with Gasteiger partial charge in [0.2, 0.25) is 0 Å². The Bertz CT molecular complexity index is 728. The van der Waals surface area contributed by atoms with Crippen LogP contribution in [0.2, 0.25) is 0 Å². The van der Waals surface area contributed by atoms with Crippen LogP contribution in [0.3, 0.4) is 0 Å². The number of hydrogen-bond donors (Lipinski definition) is 1. The zero-order chi connectivity index (χ0) is 16.4. The molecule has 5 nitrogen and oxygen atoms in total. The van der Waals surface area contributed by atoms with E-state index in [0.717, 1.165) is 28.6 Å². The molecule has 1 fully saturated rings. The predicted octanol–water partition coefficient (Wildman–Crippen LogP) is 2.04. The number of carbonyl (C=O) groups is 1. The quantitative estimate of drug-likeness (QED) is 0.941. The molecule has 1 aliphatic heterocycles. The number of nitrogens with two attached hydrogens (primary N) is 1. The lowest BCUT2D eigenvalue weighted by molar-refractivity contribution is -0.0236.